The van der Waals surface area contributed by atoms with Gasteiger partial charge in [-0.1, -0.05) is 71.6 Å². The molecular weight excluding hydrogens is 278 g/mol. The SMILES string of the molecule is CCCCCCCCOC(=O)C(=O)NC(C)CCCCCC. The second-order valence-corrected chi connectivity index (χ2v) is 6.13. The summed E-state index contributed by atoms with van der Waals surface area (Å²) in [7, 11) is 0. The maximum atomic E-state index is 11.7. The Morgan fingerprint density at radius 3 is 2.05 bits per heavy atom. The van der Waals surface area contributed by atoms with Gasteiger partial charge in [0.05, 0.1) is 6.61 Å². The average Bonchev–Trinajstić information content (AvgIpc) is 2.50. The third kappa shape index (κ3) is 12.7. The molecule has 0 aliphatic rings. The molecule has 4 heteroatoms. The molecule has 0 bridgehead atoms. The van der Waals surface area contributed by atoms with E-state index < -0.39 is 11.9 Å². The number of hydrogen-bond acceptors (Lipinski definition) is 3. The highest BCUT2D eigenvalue weighted by molar-refractivity contribution is 6.32. The van der Waals surface area contributed by atoms with E-state index in [0.717, 1.165) is 25.7 Å². The summed E-state index contributed by atoms with van der Waals surface area (Å²) in [5.74, 6) is -1.34. The molecule has 0 radical (unpaired) electrons. The van der Waals surface area contributed by atoms with Gasteiger partial charge in [0, 0.05) is 6.04 Å². The molecule has 0 saturated carbocycles. The van der Waals surface area contributed by atoms with Crippen LogP contribution in [-0.2, 0) is 14.3 Å². The van der Waals surface area contributed by atoms with Gasteiger partial charge in [-0.25, -0.2) is 4.79 Å². The highest BCUT2D eigenvalue weighted by Crippen LogP contribution is 2.06. The number of unbranched alkanes of at least 4 members (excludes halogenated alkanes) is 8. The maximum absolute atomic E-state index is 11.7. The number of ether oxygens (including phenoxy) is 1. The molecule has 4 nitrogen and oxygen atoms in total. The summed E-state index contributed by atoms with van der Waals surface area (Å²) in [6, 6.07) is 0.0333. The van der Waals surface area contributed by atoms with E-state index in [-0.39, 0.29) is 6.04 Å². The molecule has 0 aliphatic heterocycles. The fourth-order valence-corrected chi connectivity index (χ4v) is 2.34. The van der Waals surface area contributed by atoms with Gasteiger partial charge in [-0.05, 0) is 19.8 Å². The first-order valence-electron chi connectivity index (χ1n) is 9.09. The second-order valence-electron chi connectivity index (χ2n) is 6.13. The normalized spacial score (nSPS) is 12.0. The van der Waals surface area contributed by atoms with Crippen molar-refractivity contribution in [2.75, 3.05) is 6.61 Å². The third-order valence-electron chi connectivity index (χ3n) is 3.78. The summed E-state index contributed by atoms with van der Waals surface area (Å²) in [4.78, 5) is 23.2. The van der Waals surface area contributed by atoms with Gasteiger partial charge in [-0.15, -0.1) is 0 Å². The topological polar surface area (TPSA) is 55.4 Å². The molecular formula is C18H35NO3. The van der Waals surface area contributed by atoms with E-state index in [1.165, 1.54) is 44.9 Å². The summed E-state index contributed by atoms with van der Waals surface area (Å²) in [6.45, 7) is 6.64. The number of esters is 1. The average molecular weight is 313 g/mol. The molecule has 0 rings (SSSR count). The largest absolute Gasteiger partial charge is 0.459 e. The quantitative estimate of drug-likeness (QED) is 0.312. The third-order valence-corrected chi connectivity index (χ3v) is 3.78. The minimum absolute atomic E-state index is 0.0333. The van der Waals surface area contributed by atoms with Crippen molar-refractivity contribution >= 4 is 11.9 Å². The number of carbonyl (C=O) groups is 2. The van der Waals surface area contributed by atoms with Crippen molar-refractivity contribution < 1.29 is 14.3 Å². The summed E-state index contributed by atoms with van der Waals surface area (Å²) in [6.07, 6.45) is 12.4. The number of amides is 1. The van der Waals surface area contributed by atoms with Crippen molar-refractivity contribution in [1.29, 1.82) is 0 Å². The Kier molecular flexibility index (Phi) is 14.1. The highest BCUT2D eigenvalue weighted by atomic mass is 16.5. The number of hydrogen-bond donors (Lipinski definition) is 1. The van der Waals surface area contributed by atoms with Crippen LogP contribution in [0.25, 0.3) is 0 Å². The zero-order chi connectivity index (χ0) is 16.6. The summed E-state index contributed by atoms with van der Waals surface area (Å²) in [5, 5.41) is 2.71. The predicted octanol–water partition coefficient (Wildman–Crippen LogP) is 4.37. The monoisotopic (exact) mass is 313 g/mol. The highest BCUT2D eigenvalue weighted by Gasteiger charge is 2.17. The first-order chi connectivity index (χ1) is 10.6. The summed E-state index contributed by atoms with van der Waals surface area (Å²) in [5.41, 5.74) is 0. The number of nitrogens with one attached hydrogen (secondary N) is 1. The van der Waals surface area contributed by atoms with Gasteiger partial charge >= 0.3 is 11.9 Å². The van der Waals surface area contributed by atoms with Gasteiger partial charge in [-0.2, -0.15) is 0 Å². The molecule has 0 aromatic rings. The van der Waals surface area contributed by atoms with Crippen LogP contribution in [0.5, 0.6) is 0 Å². The Morgan fingerprint density at radius 2 is 1.41 bits per heavy atom. The van der Waals surface area contributed by atoms with E-state index in [0.29, 0.717) is 6.61 Å². The van der Waals surface area contributed by atoms with E-state index >= 15 is 0 Å². The smallest absolute Gasteiger partial charge is 0.396 e. The molecule has 0 heterocycles. The van der Waals surface area contributed by atoms with Crippen LogP contribution in [0.15, 0.2) is 0 Å². The molecule has 130 valence electrons. The van der Waals surface area contributed by atoms with Gasteiger partial charge in [0.2, 0.25) is 0 Å². The molecule has 0 fully saturated rings. The Hall–Kier alpha value is -1.06. The standard InChI is InChI=1S/C18H35NO3/c1-4-6-8-10-11-13-15-22-18(21)17(20)19-16(3)14-12-9-7-5-2/h16H,4-15H2,1-3H3,(H,19,20). The zero-order valence-corrected chi connectivity index (χ0v) is 14.8. The predicted molar refractivity (Wildman–Crippen MR) is 90.7 cm³/mol. The van der Waals surface area contributed by atoms with Gasteiger partial charge < -0.3 is 10.1 Å². The fraction of sp³-hybridized carbons (Fsp3) is 0.889. The van der Waals surface area contributed by atoms with Crippen LogP contribution in [0.3, 0.4) is 0 Å². The van der Waals surface area contributed by atoms with E-state index in [9.17, 15) is 9.59 Å². The van der Waals surface area contributed by atoms with Gasteiger partial charge in [0.25, 0.3) is 0 Å². The second kappa shape index (κ2) is 14.9. The van der Waals surface area contributed by atoms with Gasteiger partial charge in [-0.3, -0.25) is 4.79 Å². The van der Waals surface area contributed by atoms with E-state index in [2.05, 4.69) is 19.2 Å². The van der Waals surface area contributed by atoms with Crippen LogP contribution in [-0.4, -0.2) is 24.5 Å². The minimum atomic E-state index is -0.742. The molecule has 1 amide bonds. The first-order valence-corrected chi connectivity index (χ1v) is 9.09. The van der Waals surface area contributed by atoms with E-state index in [1.54, 1.807) is 0 Å². The molecule has 0 saturated heterocycles. The molecule has 0 aromatic carbocycles. The zero-order valence-electron chi connectivity index (χ0n) is 14.8. The van der Waals surface area contributed by atoms with E-state index in [1.807, 2.05) is 6.92 Å². The molecule has 0 aromatic heterocycles. The maximum Gasteiger partial charge on any atom is 0.396 e. The molecule has 1 atom stereocenters. The first kappa shape index (κ1) is 20.9. The Labute approximate surface area is 136 Å². The summed E-state index contributed by atoms with van der Waals surface area (Å²) < 4.78 is 5.00. The Bertz CT molecular complexity index is 292. The van der Waals surface area contributed by atoms with Crippen LogP contribution in [0.1, 0.15) is 91.4 Å². The number of rotatable bonds is 13. The Morgan fingerprint density at radius 1 is 0.864 bits per heavy atom. The lowest BCUT2D eigenvalue weighted by Gasteiger charge is -2.13. The van der Waals surface area contributed by atoms with Crippen molar-refractivity contribution in [1.82, 2.24) is 5.32 Å². The lowest BCUT2D eigenvalue weighted by Crippen LogP contribution is -2.38. The minimum Gasteiger partial charge on any atom is -0.459 e. The molecule has 1 unspecified atom stereocenters. The molecule has 0 spiro atoms. The van der Waals surface area contributed by atoms with Crippen molar-refractivity contribution in [3.05, 3.63) is 0 Å². The molecule has 22 heavy (non-hydrogen) atoms. The summed E-state index contributed by atoms with van der Waals surface area (Å²) >= 11 is 0. The van der Waals surface area contributed by atoms with Crippen molar-refractivity contribution in [2.45, 2.75) is 97.4 Å². The van der Waals surface area contributed by atoms with Crippen LogP contribution in [0, 0.1) is 0 Å². The molecule has 0 aliphatic carbocycles. The lowest BCUT2D eigenvalue weighted by molar-refractivity contribution is -0.155. The number of carbonyl (C=O) groups excluding carboxylic acids is 2. The van der Waals surface area contributed by atoms with Crippen LogP contribution >= 0.6 is 0 Å². The lowest BCUT2D eigenvalue weighted by atomic mass is 10.1. The Balaban J connectivity index is 3.59. The fourth-order valence-electron chi connectivity index (χ4n) is 2.34. The van der Waals surface area contributed by atoms with Crippen LogP contribution in [0.4, 0.5) is 0 Å². The van der Waals surface area contributed by atoms with Crippen molar-refractivity contribution in [3.63, 3.8) is 0 Å². The van der Waals surface area contributed by atoms with Gasteiger partial charge in [0.1, 0.15) is 0 Å². The van der Waals surface area contributed by atoms with Crippen LogP contribution < -0.4 is 5.32 Å². The van der Waals surface area contributed by atoms with Crippen LogP contribution in [0.2, 0.25) is 0 Å². The van der Waals surface area contributed by atoms with Gasteiger partial charge in [0.15, 0.2) is 0 Å². The van der Waals surface area contributed by atoms with Crippen molar-refractivity contribution in [3.8, 4) is 0 Å². The molecule has 1 N–H and O–H groups in total. The van der Waals surface area contributed by atoms with Crippen molar-refractivity contribution in [2.24, 2.45) is 0 Å². The van der Waals surface area contributed by atoms with E-state index in [4.69, 9.17) is 4.74 Å².